The number of nitrogens with zero attached hydrogens (tertiary/aromatic N) is 3. The Morgan fingerprint density at radius 1 is 1.35 bits per heavy atom. The van der Waals surface area contributed by atoms with Gasteiger partial charge in [-0.25, -0.2) is 0 Å². The summed E-state index contributed by atoms with van der Waals surface area (Å²) in [4.78, 5) is 14.3. The summed E-state index contributed by atoms with van der Waals surface area (Å²) in [6.45, 7) is 1.69. The number of piperidine rings is 1. The lowest BCUT2D eigenvalue weighted by Gasteiger charge is -2.32. The smallest absolute Gasteiger partial charge is 0.325 e. The summed E-state index contributed by atoms with van der Waals surface area (Å²) in [6, 6.07) is 6.67. The third-order valence-electron chi connectivity index (χ3n) is 4.62. The first-order valence-electron chi connectivity index (χ1n) is 8.50. The zero-order valence-corrected chi connectivity index (χ0v) is 14.5. The maximum absolute atomic E-state index is 12.8. The molecule has 1 saturated heterocycles. The topological polar surface area (TPSA) is 50.2 Å². The van der Waals surface area contributed by atoms with E-state index in [1.807, 2.05) is 22.7 Å². The summed E-state index contributed by atoms with van der Waals surface area (Å²) >= 11 is 0. The number of hydrogen-bond donors (Lipinski definition) is 1. The number of carbonyl (C=O) groups excluding carboxylic acids is 1. The van der Waals surface area contributed by atoms with Crippen LogP contribution in [0.25, 0.3) is 0 Å². The molecule has 1 amide bonds. The molecule has 1 aromatic heterocycles. The molecule has 1 N–H and O–H groups in total. The van der Waals surface area contributed by atoms with E-state index in [-0.39, 0.29) is 18.1 Å². The zero-order valence-electron chi connectivity index (χ0n) is 14.5. The molecule has 8 heteroatoms. The standard InChI is InChI=1S/C18H21F3N4O/c1-24-16(7-8-22-24)13-4-3-9-25(11-13)12-17(26)23-15-6-2-5-14(10-15)18(19,20)21/h2,5-8,10,13H,3-4,9,11-12H2,1H3,(H,23,26). The molecular weight excluding hydrogens is 345 g/mol. The lowest BCUT2D eigenvalue weighted by atomic mass is 9.94. The number of benzene rings is 1. The molecule has 26 heavy (non-hydrogen) atoms. The zero-order chi connectivity index (χ0) is 18.7. The van der Waals surface area contributed by atoms with Crippen LogP contribution in [0, 0.1) is 0 Å². The second kappa shape index (κ2) is 7.49. The summed E-state index contributed by atoms with van der Waals surface area (Å²) in [7, 11) is 1.90. The van der Waals surface area contributed by atoms with E-state index >= 15 is 0 Å². The highest BCUT2D eigenvalue weighted by molar-refractivity contribution is 5.92. The van der Waals surface area contributed by atoms with Gasteiger partial charge in [-0.2, -0.15) is 18.3 Å². The number of hydrogen-bond acceptors (Lipinski definition) is 3. The van der Waals surface area contributed by atoms with Crippen LogP contribution in [0.15, 0.2) is 36.5 Å². The second-order valence-corrected chi connectivity index (χ2v) is 6.58. The van der Waals surface area contributed by atoms with Crippen molar-refractivity contribution in [1.82, 2.24) is 14.7 Å². The Hall–Kier alpha value is -2.35. The number of carbonyl (C=O) groups is 1. The van der Waals surface area contributed by atoms with Gasteiger partial charge in [0.25, 0.3) is 0 Å². The third-order valence-corrected chi connectivity index (χ3v) is 4.62. The van der Waals surface area contributed by atoms with Crippen molar-refractivity contribution < 1.29 is 18.0 Å². The van der Waals surface area contributed by atoms with Gasteiger partial charge >= 0.3 is 6.18 Å². The Balaban J connectivity index is 1.59. The number of amides is 1. The molecule has 0 aliphatic carbocycles. The molecule has 1 aromatic carbocycles. The molecule has 1 atom stereocenters. The molecule has 2 heterocycles. The Bertz CT molecular complexity index is 772. The average molecular weight is 366 g/mol. The number of halogens is 3. The summed E-state index contributed by atoms with van der Waals surface area (Å²) in [5, 5.41) is 6.75. The monoisotopic (exact) mass is 366 g/mol. The first kappa shape index (κ1) is 18.4. The van der Waals surface area contributed by atoms with Gasteiger partial charge in [0.15, 0.2) is 0 Å². The van der Waals surface area contributed by atoms with Crippen molar-refractivity contribution in [3.05, 3.63) is 47.8 Å². The Labute approximate surface area is 149 Å². The van der Waals surface area contributed by atoms with E-state index in [9.17, 15) is 18.0 Å². The fourth-order valence-electron chi connectivity index (χ4n) is 3.40. The summed E-state index contributed by atoms with van der Waals surface area (Å²) < 4.78 is 40.1. The molecular formula is C18H21F3N4O. The minimum Gasteiger partial charge on any atom is -0.325 e. The van der Waals surface area contributed by atoms with Crippen LogP contribution in [-0.4, -0.2) is 40.2 Å². The highest BCUT2D eigenvalue weighted by Gasteiger charge is 2.30. The van der Waals surface area contributed by atoms with Crippen molar-refractivity contribution in [2.75, 3.05) is 25.0 Å². The van der Waals surface area contributed by atoms with Crippen LogP contribution in [0.2, 0.25) is 0 Å². The predicted molar refractivity (Wildman–Crippen MR) is 91.7 cm³/mol. The lowest BCUT2D eigenvalue weighted by molar-refractivity contribution is -0.137. The van der Waals surface area contributed by atoms with E-state index in [0.717, 1.165) is 43.8 Å². The van der Waals surface area contributed by atoms with Crippen molar-refractivity contribution in [1.29, 1.82) is 0 Å². The molecule has 0 bridgehead atoms. The highest BCUT2D eigenvalue weighted by atomic mass is 19.4. The van der Waals surface area contributed by atoms with E-state index in [0.29, 0.717) is 5.92 Å². The number of rotatable bonds is 4. The van der Waals surface area contributed by atoms with Crippen molar-refractivity contribution >= 4 is 11.6 Å². The first-order chi connectivity index (χ1) is 12.3. The predicted octanol–water partition coefficient (Wildman–Crippen LogP) is 3.26. The number of nitrogens with one attached hydrogen (secondary N) is 1. The van der Waals surface area contributed by atoms with Gasteiger partial charge in [0.1, 0.15) is 0 Å². The van der Waals surface area contributed by atoms with Gasteiger partial charge in [0.05, 0.1) is 12.1 Å². The molecule has 1 aliphatic heterocycles. The van der Waals surface area contributed by atoms with E-state index in [4.69, 9.17) is 0 Å². The third kappa shape index (κ3) is 4.43. The van der Waals surface area contributed by atoms with Crippen LogP contribution in [0.1, 0.15) is 30.0 Å². The van der Waals surface area contributed by atoms with Crippen LogP contribution < -0.4 is 5.32 Å². The molecule has 0 spiro atoms. The van der Waals surface area contributed by atoms with Gasteiger partial charge in [0, 0.05) is 37.1 Å². The van der Waals surface area contributed by atoms with Gasteiger partial charge < -0.3 is 5.32 Å². The number of aromatic nitrogens is 2. The number of aryl methyl sites for hydroxylation is 1. The van der Waals surface area contributed by atoms with Gasteiger partial charge in [-0.15, -0.1) is 0 Å². The van der Waals surface area contributed by atoms with E-state index < -0.39 is 11.7 Å². The van der Waals surface area contributed by atoms with Crippen LogP contribution in [0.4, 0.5) is 18.9 Å². The molecule has 3 rings (SSSR count). The second-order valence-electron chi connectivity index (χ2n) is 6.58. The molecule has 0 radical (unpaired) electrons. The molecule has 1 fully saturated rings. The fourth-order valence-corrected chi connectivity index (χ4v) is 3.40. The van der Waals surface area contributed by atoms with Gasteiger partial charge in [-0.05, 0) is 43.7 Å². The summed E-state index contributed by atoms with van der Waals surface area (Å²) in [5.74, 6) is -0.00686. The van der Waals surface area contributed by atoms with Crippen molar-refractivity contribution in [3.63, 3.8) is 0 Å². The van der Waals surface area contributed by atoms with Crippen LogP contribution in [0.5, 0.6) is 0 Å². The van der Waals surface area contributed by atoms with Crippen LogP contribution >= 0.6 is 0 Å². The maximum atomic E-state index is 12.8. The van der Waals surface area contributed by atoms with Gasteiger partial charge in [-0.1, -0.05) is 6.07 Å². The average Bonchev–Trinajstić information content (AvgIpc) is 3.00. The summed E-state index contributed by atoms with van der Waals surface area (Å²) in [5.41, 5.74) is 0.516. The van der Waals surface area contributed by atoms with Crippen LogP contribution in [0.3, 0.4) is 0 Å². The number of alkyl halides is 3. The maximum Gasteiger partial charge on any atom is 0.416 e. The van der Waals surface area contributed by atoms with Gasteiger partial charge in [0.2, 0.25) is 5.91 Å². The Morgan fingerprint density at radius 3 is 2.85 bits per heavy atom. The van der Waals surface area contributed by atoms with Gasteiger partial charge in [-0.3, -0.25) is 14.4 Å². The normalized spacial score (nSPS) is 18.7. The molecule has 5 nitrogen and oxygen atoms in total. The molecule has 1 aliphatic rings. The molecule has 0 saturated carbocycles. The van der Waals surface area contributed by atoms with Crippen LogP contribution in [-0.2, 0) is 18.0 Å². The largest absolute Gasteiger partial charge is 0.416 e. The van der Waals surface area contributed by atoms with Crippen molar-refractivity contribution in [2.24, 2.45) is 7.05 Å². The Kier molecular flexibility index (Phi) is 5.31. The number of likely N-dealkylation sites (tertiary alicyclic amines) is 1. The minimum absolute atomic E-state index is 0.157. The quantitative estimate of drug-likeness (QED) is 0.904. The fraction of sp³-hybridized carbons (Fsp3) is 0.444. The highest BCUT2D eigenvalue weighted by Crippen LogP contribution is 2.30. The minimum atomic E-state index is -4.43. The molecule has 140 valence electrons. The van der Waals surface area contributed by atoms with E-state index in [1.54, 1.807) is 6.20 Å². The Morgan fingerprint density at radius 2 is 2.15 bits per heavy atom. The van der Waals surface area contributed by atoms with E-state index in [2.05, 4.69) is 10.4 Å². The van der Waals surface area contributed by atoms with Crippen molar-refractivity contribution in [3.8, 4) is 0 Å². The first-order valence-corrected chi connectivity index (χ1v) is 8.50. The molecule has 2 aromatic rings. The molecule has 1 unspecified atom stereocenters. The van der Waals surface area contributed by atoms with Crippen molar-refractivity contribution in [2.45, 2.75) is 24.9 Å². The van der Waals surface area contributed by atoms with E-state index in [1.165, 1.54) is 12.1 Å². The number of anilines is 1. The lowest BCUT2D eigenvalue weighted by Crippen LogP contribution is -2.40. The SMILES string of the molecule is Cn1nccc1C1CCCN(CC(=O)Nc2cccc(C(F)(F)F)c2)C1. The summed E-state index contributed by atoms with van der Waals surface area (Å²) in [6.07, 6.45) is -0.670.